The largest absolute Gasteiger partial charge is 0.355 e. The van der Waals surface area contributed by atoms with Crippen molar-refractivity contribution in [3.05, 3.63) is 66.2 Å². The Morgan fingerprint density at radius 3 is 2.29 bits per heavy atom. The maximum Gasteiger partial charge on any atom is 0.193 e. The molecule has 6 heteroatoms. The van der Waals surface area contributed by atoms with Gasteiger partial charge < -0.3 is 10.2 Å². The monoisotopic (exact) mass is 511 g/mol. The highest BCUT2D eigenvalue weighted by Crippen LogP contribution is 2.21. The molecule has 2 aromatic carbocycles. The van der Waals surface area contributed by atoms with Crippen LogP contribution in [0.1, 0.15) is 18.4 Å². The van der Waals surface area contributed by atoms with Gasteiger partial charge in [-0.2, -0.15) is 0 Å². The van der Waals surface area contributed by atoms with Gasteiger partial charge >= 0.3 is 0 Å². The zero-order chi connectivity index (χ0) is 18.9. The molecule has 1 aliphatic heterocycles. The third-order valence-electron chi connectivity index (χ3n) is 5.07. The average molecular weight is 511 g/mol. The number of rotatable bonds is 6. The minimum atomic E-state index is -0.971. The second kappa shape index (κ2) is 12.2. The topological polar surface area (TPSA) is 44.7 Å². The van der Waals surface area contributed by atoms with Crippen LogP contribution < -0.4 is 5.32 Å². The number of hydrogen-bond acceptors (Lipinski definition) is 2. The molecule has 0 amide bonds. The van der Waals surface area contributed by atoms with Crippen molar-refractivity contribution < 1.29 is 4.21 Å². The maximum atomic E-state index is 12.3. The third-order valence-corrected chi connectivity index (χ3v) is 6.44. The standard InChI is InChI=1S/C22H29N3OS.HI/c1-23-22(24-14-17-27(26)21-10-6-3-7-11-21)25-15-12-20(13-16-25)18-19-8-4-2-5-9-19;/h2-11,20H,12-18H2,1H3,(H,23,24);1H. The van der Waals surface area contributed by atoms with E-state index in [4.69, 9.17) is 0 Å². The van der Waals surface area contributed by atoms with Gasteiger partial charge in [-0.3, -0.25) is 9.20 Å². The Hall–Kier alpha value is -1.41. The SMILES string of the molecule is CN=C(NCCS(=O)c1ccccc1)N1CCC(Cc2ccccc2)CC1.I. The lowest BCUT2D eigenvalue weighted by molar-refractivity contribution is 0.259. The van der Waals surface area contributed by atoms with Gasteiger partial charge in [-0.1, -0.05) is 48.5 Å². The van der Waals surface area contributed by atoms with E-state index in [9.17, 15) is 4.21 Å². The summed E-state index contributed by atoms with van der Waals surface area (Å²) in [6, 6.07) is 20.4. The first-order valence-corrected chi connectivity index (χ1v) is 11.0. The number of halogens is 1. The van der Waals surface area contributed by atoms with Gasteiger partial charge in [0.15, 0.2) is 5.96 Å². The molecule has 0 saturated carbocycles. The number of likely N-dealkylation sites (tertiary alicyclic amines) is 1. The minimum Gasteiger partial charge on any atom is -0.355 e. The van der Waals surface area contributed by atoms with Crippen LogP contribution in [0.3, 0.4) is 0 Å². The zero-order valence-electron chi connectivity index (χ0n) is 16.4. The van der Waals surface area contributed by atoms with Gasteiger partial charge in [0.05, 0.1) is 10.8 Å². The predicted molar refractivity (Wildman–Crippen MR) is 129 cm³/mol. The van der Waals surface area contributed by atoms with Crippen LogP contribution in [0.2, 0.25) is 0 Å². The Balaban J connectivity index is 0.00000280. The van der Waals surface area contributed by atoms with Crippen molar-refractivity contribution in [2.24, 2.45) is 10.9 Å². The zero-order valence-corrected chi connectivity index (χ0v) is 19.6. The maximum absolute atomic E-state index is 12.3. The molecule has 1 N–H and O–H groups in total. The Morgan fingerprint density at radius 1 is 1.07 bits per heavy atom. The van der Waals surface area contributed by atoms with Gasteiger partial charge in [-0.05, 0) is 42.9 Å². The molecule has 0 spiro atoms. The van der Waals surface area contributed by atoms with Gasteiger partial charge in [0.2, 0.25) is 0 Å². The molecule has 1 fully saturated rings. The van der Waals surface area contributed by atoms with E-state index in [-0.39, 0.29) is 24.0 Å². The van der Waals surface area contributed by atoms with E-state index in [1.54, 1.807) is 0 Å². The quantitative estimate of drug-likeness (QED) is 0.363. The lowest BCUT2D eigenvalue weighted by Crippen LogP contribution is -2.46. The summed E-state index contributed by atoms with van der Waals surface area (Å²) in [5.41, 5.74) is 1.43. The summed E-state index contributed by atoms with van der Waals surface area (Å²) in [7, 11) is 0.855. The fraction of sp³-hybridized carbons (Fsp3) is 0.409. The van der Waals surface area contributed by atoms with Gasteiger partial charge in [0, 0.05) is 37.3 Å². The highest BCUT2D eigenvalue weighted by atomic mass is 127. The first kappa shape index (κ1) is 22.9. The van der Waals surface area contributed by atoms with Gasteiger partial charge in [0.25, 0.3) is 0 Å². The highest BCUT2D eigenvalue weighted by Gasteiger charge is 2.21. The summed E-state index contributed by atoms with van der Waals surface area (Å²) in [5, 5.41) is 3.39. The van der Waals surface area contributed by atoms with Crippen molar-refractivity contribution in [1.82, 2.24) is 10.2 Å². The molecule has 1 saturated heterocycles. The Bertz CT molecular complexity index is 747. The molecule has 1 heterocycles. The number of guanidine groups is 1. The van der Waals surface area contributed by atoms with Crippen molar-refractivity contribution in [3.63, 3.8) is 0 Å². The van der Waals surface area contributed by atoms with Crippen LogP contribution in [0.4, 0.5) is 0 Å². The van der Waals surface area contributed by atoms with Crippen molar-refractivity contribution >= 4 is 40.7 Å². The molecule has 4 nitrogen and oxygen atoms in total. The first-order chi connectivity index (χ1) is 13.3. The average Bonchev–Trinajstić information content (AvgIpc) is 2.73. The summed E-state index contributed by atoms with van der Waals surface area (Å²) in [6.07, 6.45) is 3.54. The van der Waals surface area contributed by atoms with E-state index in [2.05, 4.69) is 45.5 Å². The van der Waals surface area contributed by atoms with Crippen LogP contribution >= 0.6 is 24.0 Å². The molecule has 2 aromatic rings. The summed E-state index contributed by atoms with van der Waals surface area (Å²) >= 11 is 0. The number of nitrogens with one attached hydrogen (secondary N) is 1. The van der Waals surface area contributed by atoms with Gasteiger partial charge in [-0.15, -0.1) is 24.0 Å². The number of aliphatic imine (C=N–C) groups is 1. The number of nitrogens with zero attached hydrogens (tertiary/aromatic N) is 2. The van der Waals surface area contributed by atoms with Crippen LogP contribution in [0.25, 0.3) is 0 Å². The first-order valence-electron chi connectivity index (χ1n) is 9.69. The van der Waals surface area contributed by atoms with Crippen LogP contribution in [-0.4, -0.2) is 47.5 Å². The van der Waals surface area contributed by atoms with Crippen molar-refractivity contribution in [2.45, 2.75) is 24.2 Å². The van der Waals surface area contributed by atoms with Crippen LogP contribution in [0.5, 0.6) is 0 Å². The van der Waals surface area contributed by atoms with E-state index >= 15 is 0 Å². The summed E-state index contributed by atoms with van der Waals surface area (Å²) in [5.74, 6) is 2.26. The van der Waals surface area contributed by atoms with E-state index in [0.717, 1.165) is 36.3 Å². The molecule has 1 aliphatic rings. The molecule has 28 heavy (non-hydrogen) atoms. The fourth-order valence-corrected chi connectivity index (χ4v) is 4.56. The predicted octanol–water partition coefficient (Wildman–Crippen LogP) is 3.94. The molecule has 0 radical (unpaired) electrons. The van der Waals surface area contributed by atoms with Crippen LogP contribution in [0, 0.1) is 5.92 Å². The lowest BCUT2D eigenvalue weighted by atomic mass is 9.90. The summed E-state index contributed by atoms with van der Waals surface area (Å²) in [4.78, 5) is 7.63. The number of piperidine rings is 1. The van der Waals surface area contributed by atoms with E-state index in [1.165, 1.54) is 18.4 Å². The van der Waals surface area contributed by atoms with Crippen molar-refractivity contribution in [2.75, 3.05) is 32.4 Å². The summed E-state index contributed by atoms with van der Waals surface area (Å²) < 4.78 is 12.3. The van der Waals surface area contributed by atoms with Crippen molar-refractivity contribution in [1.29, 1.82) is 0 Å². The summed E-state index contributed by atoms with van der Waals surface area (Å²) in [6.45, 7) is 2.72. The molecule has 0 aliphatic carbocycles. The molecule has 3 rings (SSSR count). The van der Waals surface area contributed by atoms with E-state index in [1.807, 2.05) is 37.4 Å². The van der Waals surface area contributed by atoms with Crippen LogP contribution in [0.15, 0.2) is 70.6 Å². The van der Waals surface area contributed by atoms with E-state index < -0.39 is 10.8 Å². The lowest BCUT2D eigenvalue weighted by Gasteiger charge is -2.34. The Morgan fingerprint density at radius 2 is 1.68 bits per heavy atom. The normalized spacial score (nSPS) is 16.3. The van der Waals surface area contributed by atoms with E-state index in [0.29, 0.717) is 12.3 Å². The second-order valence-electron chi connectivity index (χ2n) is 6.96. The smallest absolute Gasteiger partial charge is 0.193 e. The fourth-order valence-electron chi connectivity index (χ4n) is 3.57. The molecular weight excluding hydrogens is 481 g/mol. The number of hydrogen-bond donors (Lipinski definition) is 1. The highest BCUT2D eigenvalue weighted by molar-refractivity contribution is 14.0. The molecule has 1 atom stereocenters. The van der Waals surface area contributed by atoms with Gasteiger partial charge in [-0.25, -0.2) is 0 Å². The van der Waals surface area contributed by atoms with Crippen LogP contribution in [-0.2, 0) is 17.2 Å². The number of benzene rings is 2. The third kappa shape index (κ3) is 6.88. The molecule has 0 aromatic heterocycles. The second-order valence-corrected chi connectivity index (χ2v) is 8.53. The van der Waals surface area contributed by atoms with Crippen molar-refractivity contribution in [3.8, 4) is 0 Å². The molecule has 0 bridgehead atoms. The Kier molecular flexibility index (Phi) is 9.98. The molecule has 152 valence electrons. The minimum absolute atomic E-state index is 0. The van der Waals surface area contributed by atoms with Gasteiger partial charge in [0.1, 0.15) is 0 Å². The molecular formula is C22H30IN3OS. The molecule has 1 unspecified atom stereocenters. The Labute approximate surface area is 188 Å².